The SMILES string of the molecule is CCCCCCC=CC1CCC(C2CC=C(c3ccc(OCC)c(F)c3F)CC2)CC1. The summed E-state index contributed by atoms with van der Waals surface area (Å²) in [5.41, 5.74) is 1.36. The Kier molecular flexibility index (Phi) is 9.61. The highest BCUT2D eigenvalue weighted by molar-refractivity contribution is 5.67. The van der Waals surface area contributed by atoms with Crippen LogP contribution in [-0.4, -0.2) is 6.61 Å². The van der Waals surface area contributed by atoms with Gasteiger partial charge in [-0.05, 0) is 100 Å². The van der Waals surface area contributed by atoms with E-state index in [1.807, 2.05) is 0 Å². The molecule has 0 aromatic heterocycles. The Bertz CT molecular complexity index is 744. The van der Waals surface area contributed by atoms with E-state index in [-0.39, 0.29) is 5.75 Å². The molecule has 3 heteroatoms. The zero-order chi connectivity index (χ0) is 22.1. The predicted octanol–water partition coefficient (Wildman–Crippen LogP) is 8.88. The lowest BCUT2D eigenvalue weighted by Gasteiger charge is -2.35. The molecule has 1 atom stereocenters. The maximum absolute atomic E-state index is 14.6. The molecule has 31 heavy (non-hydrogen) atoms. The molecule has 0 saturated heterocycles. The van der Waals surface area contributed by atoms with Gasteiger partial charge in [-0.25, -0.2) is 4.39 Å². The summed E-state index contributed by atoms with van der Waals surface area (Å²) in [6.07, 6.45) is 21.8. The predicted molar refractivity (Wildman–Crippen MR) is 126 cm³/mol. The number of rotatable bonds is 10. The van der Waals surface area contributed by atoms with Crippen molar-refractivity contribution in [2.24, 2.45) is 17.8 Å². The van der Waals surface area contributed by atoms with E-state index >= 15 is 0 Å². The van der Waals surface area contributed by atoms with Gasteiger partial charge in [0.2, 0.25) is 5.82 Å². The second kappa shape index (κ2) is 12.4. The minimum absolute atomic E-state index is 0.00445. The van der Waals surface area contributed by atoms with Crippen molar-refractivity contribution >= 4 is 5.57 Å². The van der Waals surface area contributed by atoms with Gasteiger partial charge in [-0.2, -0.15) is 4.39 Å². The van der Waals surface area contributed by atoms with E-state index in [1.165, 1.54) is 57.8 Å². The Morgan fingerprint density at radius 2 is 1.74 bits per heavy atom. The van der Waals surface area contributed by atoms with Crippen molar-refractivity contribution in [3.05, 3.63) is 47.6 Å². The molecule has 1 aromatic carbocycles. The van der Waals surface area contributed by atoms with E-state index in [0.29, 0.717) is 18.1 Å². The lowest BCUT2D eigenvalue weighted by atomic mass is 9.71. The summed E-state index contributed by atoms with van der Waals surface area (Å²) >= 11 is 0. The first kappa shape index (κ1) is 24.0. The minimum Gasteiger partial charge on any atom is -0.491 e. The third-order valence-electron chi connectivity index (χ3n) is 7.26. The molecule has 1 unspecified atom stereocenters. The Hall–Kier alpha value is -1.64. The summed E-state index contributed by atoms with van der Waals surface area (Å²) < 4.78 is 34.0. The summed E-state index contributed by atoms with van der Waals surface area (Å²) in [6, 6.07) is 3.23. The quantitative estimate of drug-likeness (QED) is 0.266. The molecule has 3 rings (SSSR count). The van der Waals surface area contributed by atoms with E-state index in [2.05, 4.69) is 25.2 Å². The molecule has 1 nitrogen and oxygen atoms in total. The van der Waals surface area contributed by atoms with Crippen molar-refractivity contribution in [2.45, 2.75) is 90.9 Å². The van der Waals surface area contributed by atoms with Crippen LogP contribution in [-0.2, 0) is 0 Å². The maximum atomic E-state index is 14.6. The van der Waals surface area contributed by atoms with Gasteiger partial charge in [-0.15, -0.1) is 0 Å². The van der Waals surface area contributed by atoms with Crippen LogP contribution >= 0.6 is 0 Å². The molecule has 172 valence electrons. The van der Waals surface area contributed by atoms with Gasteiger partial charge in [0.15, 0.2) is 11.6 Å². The zero-order valence-electron chi connectivity index (χ0n) is 19.5. The normalized spacial score (nSPS) is 24.4. The van der Waals surface area contributed by atoms with Crippen molar-refractivity contribution in [3.8, 4) is 5.75 Å². The van der Waals surface area contributed by atoms with Gasteiger partial charge < -0.3 is 4.74 Å². The maximum Gasteiger partial charge on any atom is 0.201 e. The second-order valence-electron chi connectivity index (χ2n) is 9.39. The van der Waals surface area contributed by atoms with Gasteiger partial charge in [0, 0.05) is 5.56 Å². The molecule has 2 aliphatic rings. The smallest absolute Gasteiger partial charge is 0.201 e. The van der Waals surface area contributed by atoms with E-state index in [9.17, 15) is 8.78 Å². The van der Waals surface area contributed by atoms with Crippen LogP contribution in [0.25, 0.3) is 5.57 Å². The Balaban J connectivity index is 1.47. The van der Waals surface area contributed by atoms with Crippen molar-refractivity contribution in [2.75, 3.05) is 6.61 Å². The number of hydrogen-bond acceptors (Lipinski definition) is 1. The van der Waals surface area contributed by atoms with Gasteiger partial charge in [0.1, 0.15) is 0 Å². The van der Waals surface area contributed by atoms with Crippen molar-refractivity contribution in [1.29, 1.82) is 0 Å². The first-order valence-corrected chi connectivity index (χ1v) is 12.6. The fourth-order valence-electron chi connectivity index (χ4n) is 5.36. The van der Waals surface area contributed by atoms with Crippen LogP contribution in [0.3, 0.4) is 0 Å². The first-order valence-electron chi connectivity index (χ1n) is 12.6. The van der Waals surface area contributed by atoms with Crippen molar-refractivity contribution in [1.82, 2.24) is 0 Å². The van der Waals surface area contributed by atoms with Crippen LogP contribution in [0.4, 0.5) is 8.78 Å². The summed E-state index contributed by atoms with van der Waals surface area (Å²) in [4.78, 5) is 0. The molecule has 0 aliphatic heterocycles. The number of unbranched alkanes of at least 4 members (excludes halogenated alkanes) is 4. The standard InChI is InChI=1S/C28H40F2O/c1-3-5-6-7-8-9-10-21-11-13-22(14-12-21)23-15-17-24(18-16-23)25-19-20-26(31-4-2)28(30)27(25)29/h9-10,17,19-23H,3-8,11-16,18H2,1-2H3. The van der Waals surface area contributed by atoms with E-state index in [4.69, 9.17) is 4.74 Å². The Labute approximate surface area is 188 Å². The van der Waals surface area contributed by atoms with Gasteiger partial charge >= 0.3 is 0 Å². The van der Waals surface area contributed by atoms with Gasteiger partial charge in [-0.3, -0.25) is 0 Å². The molecule has 1 aromatic rings. The fraction of sp³-hybridized carbons (Fsp3) is 0.643. The second-order valence-corrected chi connectivity index (χ2v) is 9.39. The zero-order valence-corrected chi connectivity index (χ0v) is 19.5. The Morgan fingerprint density at radius 3 is 2.42 bits per heavy atom. The molecule has 0 radical (unpaired) electrons. The third-order valence-corrected chi connectivity index (χ3v) is 7.26. The van der Waals surface area contributed by atoms with Gasteiger partial charge in [0.25, 0.3) is 0 Å². The monoisotopic (exact) mass is 430 g/mol. The van der Waals surface area contributed by atoms with Crippen LogP contribution in [0.2, 0.25) is 0 Å². The summed E-state index contributed by atoms with van der Waals surface area (Å²) in [5, 5.41) is 0. The molecular formula is C28H40F2O. The summed E-state index contributed by atoms with van der Waals surface area (Å²) in [5.74, 6) is 0.617. The summed E-state index contributed by atoms with van der Waals surface area (Å²) in [6.45, 7) is 4.36. The third kappa shape index (κ3) is 6.67. The molecule has 0 amide bonds. The average molecular weight is 431 g/mol. The number of halogens is 2. The van der Waals surface area contributed by atoms with Crippen LogP contribution in [0.5, 0.6) is 5.75 Å². The fourth-order valence-corrected chi connectivity index (χ4v) is 5.36. The van der Waals surface area contributed by atoms with Gasteiger partial charge in [-0.1, -0.05) is 44.4 Å². The Morgan fingerprint density at radius 1 is 0.935 bits per heavy atom. The van der Waals surface area contributed by atoms with Crippen LogP contribution in [0.1, 0.15) is 96.5 Å². The van der Waals surface area contributed by atoms with E-state index in [1.54, 1.807) is 19.1 Å². The van der Waals surface area contributed by atoms with Gasteiger partial charge in [0.05, 0.1) is 6.61 Å². The molecule has 0 N–H and O–H groups in total. The number of hydrogen-bond donors (Lipinski definition) is 0. The lowest BCUT2D eigenvalue weighted by molar-refractivity contribution is 0.212. The van der Waals surface area contributed by atoms with Crippen LogP contribution < -0.4 is 4.74 Å². The molecule has 0 spiro atoms. The first-order chi connectivity index (χ1) is 15.1. The van der Waals surface area contributed by atoms with E-state index < -0.39 is 11.6 Å². The highest BCUT2D eigenvalue weighted by atomic mass is 19.2. The molecule has 2 aliphatic carbocycles. The minimum atomic E-state index is -0.862. The molecule has 1 fully saturated rings. The lowest BCUT2D eigenvalue weighted by Crippen LogP contribution is -2.22. The largest absolute Gasteiger partial charge is 0.491 e. The van der Waals surface area contributed by atoms with Crippen molar-refractivity contribution in [3.63, 3.8) is 0 Å². The number of benzene rings is 1. The van der Waals surface area contributed by atoms with Crippen LogP contribution in [0, 0.1) is 29.4 Å². The molecule has 0 bridgehead atoms. The van der Waals surface area contributed by atoms with E-state index in [0.717, 1.165) is 36.7 Å². The highest BCUT2D eigenvalue weighted by Crippen LogP contribution is 2.42. The summed E-state index contributed by atoms with van der Waals surface area (Å²) in [7, 11) is 0. The van der Waals surface area contributed by atoms with Crippen LogP contribution in [0.15, 0.2) is 30.4 Å². The number of allylic oxidation sites excluding steroid dienone is 4. The highest BCUT2D eigenvalue weighted by Gasteiger charge is 2.29. The van der Waals surface area contributed by atoms with Crippen molar-refractivity contribution < 1.29 is 13.5 Å². The average Bonchev–Trinajstić information content (AvgIpc) is 2.80. The number of ether oxygens (including phenoxy) is 1. The molecular weight excluding hydrogens is 390 g/mol. The molecule has 1 saturated carbocycles. The molecule has 0 heterocycles. The topological polar surface area (TPSA) is 9.23 Å².